The number of hydrogen-bond donors (Lipinski definition) is 1. The molecule has 0 rings (SSSR count). The highest BCUT2D eigenvalue weighted by Crippen LogP contribution is 2.17. The zero-order chi connectivity index (χ0) is 36.4. The summed E-state index contributed by atoms with van der Waals surface area (Å²) in [5, 5.41) is 9.53. The average molecular weight is 705 g/mol. The van der Waals surface area contributed by atoms with Crippen molar-refractivity contribution in [2.75, 3.05) is 0 Å². The first-order chi connectivity index (χ1) is 24.6. The Hall–Kier alpha value is -1.32. The van der Waals surface area contributed by atoms with Crippen molar-refractivity contribution in [2.45, 2.75) is 270 Å². The number of allylic oxidation sites excluding steroid dienone is 2. The Balaban J connectivity index is 3.48. The SMILES string of the molecule is CCCCCCCC/C=C\CCCCCCCCCCCC(=O)OC(CCCCCCCCCCCCCCCCCCCCCC)C(=O)O. The fraction of sp³-hybridized carbons (Fsp3) is 0.913. The van der Waals surface area contributed by atoms with Crippen LogP contribution >= 0.6 is 0 Å². The Morgan fingerprint density at radius 3 is 1.02 bits per heavy atom. The van der Waals surface area contributed by atoms with Gasteiger partial charge >= 0.3 is 11.9 Å². The molecule has 0 heterocycles. The van der Waals surface area contributed by atoms with E-state index in [0.29, 0.717) is 12.8 Å². The number of carboxylic acids is 1. The Kier molecular flexibility index (Phi) is 41.0. The van der Waals surface area contributed by atoms with E-state index >= 15 is 0 Å². The van der Waals surface area contributed by atoms with Gasteiger partial charge < -0.3 is 9.84 Å². The van der Waals surface area contributed by atoms with Gasteiger partial charge in [-0.05, 0) is 44.9 Å². The molecular weight excluding hydrogens is 617 g/mol. The van der Waals surface area contributed by atoms with Crippen molar-refractivity contribution in [3.8, 4) is 0 Å². The van der Waals surface area contributed by atoms with Gasteiger partial charge in [0.1, 0.15) is 0 Å². The zero-order valence-corrected chi connectivity index (χ0v) is 34.0. The number of carbonyl (C=O) groups excluding carboxylic acids is 1. The van der Waals surface area contributed by atoms with Gasteiger partial charge in [0.2, 0.25) is 0 Å². The highest BCUT2D eigenvalue weighted by atomic mass is 16.6. The molecule has 0 bridgehead atoms. The molecule has 1 N–H and O–H groups in total. The number of ether oxygens (including phenoxy) is 1. The van der Waals surface area contributed by atoms with Crippen molar-refractivity contribution < 1.29 is 19.4 Å². The maximum absolute atomic E-state index is 12.3. The molecule has 0 aliphatic heterocycles. The van der Waals surface area contributed by atoms with Gasteiger partial charge in [0.15, 0.2) is 6.10 Å². The van der Waals surface area contributed by atoms with Crippen molar-refractivity contribution >= 4 is 11.9 Å². The number of hydrogen-bond acceptors (Lipinski definition) is 3. The molecule has 0 saturated carbocycles. The summed E-state index contributed by atoms with van der Waals surface area (Å²) in [5.41, 5.74) is 0. The predicted molar refractivity (Wildman–Crippen MR) is 218 cm³/mol. The number of rotatable bonds is 42. The zero-order valence-electron chi connectivity index (χ0n) is 34.0. The smallest absolute Gasteiger partial charge is 0.345 e. The lowest BCUT2D eigenvalue weighted by molar-refractivity contribution is -0.164. The number of carboxylic acid groups (broad SMARTS) is 1. The number of carbonyl (C=O) groups is 2. The highest BCUT2D eigenvalue weighted by Gasteiger charge is 2.21. The van der Waals surface area contributed by atoms with Crippen molar-refractivity contribution in [2.24, 2.45) is 0 Å². The lowest BCUT2D eigenvalue weighted by atomic mass is 10.0. The molecule has 4 heteroatoms. The second kappa shape index (κ2) is 42.1. The minimum Gasteiger partial charge on any atom is -0.479 e. The minimum absolute atomic E-state index is 0.341. The number of unbranched alkanes of at least 4 members (excludes halogenated alkanes) is 34. The summed E-state index contributed by atoms with van der Waals surface area (Å²) in [6.45, 7) is 4.56. The molecule has 4 nitrogen and oxygen atoms in total. The van der Waals surface area contributed by atoms with Crippen LogP contribution in [0.4, 0.5) is 0 Å². The van der Waals surface area contributed by atoms with E-state index in [-0.39, 0.29) is 5.97 Å². The topological polar surface area (TPSA) is 63.6 Å². The van der Waals surface area contributed by atoms with E-state index in [9.17, 15) is 14.7 Å². The van der Waals surface area contributed by atoms with Crippen LogP contribution in [0.1, 0.15) is 264 Å². The second-order valence-electron chi connectivity index (χ2n) is 15.6. The van der Waals surface area contributed by atoms with Gasteiger partial charge in [-0.15, -0.1) is 0 Å². The van der Waals surface area contributed by atoms with E-state index in [2.05, 4.69) is 26.0 Å². The summed E-state index contributed by atoms with van der Waals surface area (Å²) in [6, 6.07) is 0. The van der Waals surface area contributed by atoms with Gasteiger partial charge in [0, 0.05) is 6.42 Å². The molecule has 0 aliphatic carbocycles. The van der Waals surface area contributed by atoms with E-state index in [1.54, 1.807) is 0 Å². The fourth-order valence-corrected chi connectivity index (χ4v) is 7.08. The maximum atomic E-state index is 12.3. The molecule has 0 fully saturated rings. The van der Waals surface area contributed by atoms with Crippen LogP contribution < -0.4 is 0 Å². The predicted octanol–water partition coefficient (Wildman–Crippen LogP) is 15.8. The lowest BCUT2D eigenvalue weighted by Crippen LogP contribution is -2.27. The molecular formula is C46H88O4. The molecule has 0 spiro atoms. The standard InChI is InChI=1S/C46H88O4/c1-3-5-7-9-11-13-15-17-19-21-23-25-26-28-30-32-34-36-38-40-42-44(46(48)49)50-45(47)43-41-39-37-35-33-31-29-27-24-22-20-18-16-14-12-10-8-6-4-2/h18,20,44H,3-17,19,21-43H2,1-2H3,(H,48,49)/b20-18-. The van der Waals surface area contributed by atoms with Gasteiger partial charge in [0.25, 0.3) is 0 Å². The summed E-state index contributed by atoms with van der Waals surface area (Å²) >= 11 is 0. The van der Waals surface area contributed by atoms with Crippen LogP contribution in [0.3, 0.4) is 0 Å². The summed E-state index contributed by atoms with van der Waals surface area (Å²) in [7, 11) is 0. The monoisotopic (exact) mass is 705 g/mol. The molecule has 0 aromatic heterocycles. The van der Waals surface area contributed by atoms with Gasteiger partial charge in [-0.2, -0.15) is 0 Å². The minimum atomic E-state index is -1.000. The Morgan fingerprint density at radius 2 is 0.700 bits per heavy atom. The van der Waals surface area contributed by atoms with Gasteiger partial charge in [-0.3, -0.25) is 4.79 Å². The number of esters is 1. The van der Waals surface area contributed by atoms with Gasteiger partial charge in [0.05, 0.1) is 0 Å². The lowest BCUT2D eigenvalue weighted by Gasteiger charge is -2.13. The van der Waals surface area contributed by atoms with Crippen molar-refractivity contribution in [3.63, 3.8) is 0 Å². The van der Waals surface area contributed by atoms with E-state index in [1.165, 1.54) is 199 Å². The molecule has 0 saturated heterocycles. The van der Waals surface area contributed by atoms with Crippen LogP contribution in [0.5, 0.6) is 0 Å². The normalized spacial score (nSPS) is 12.2. The highest BCUT2D eigenvalue weighted by molar-refractivity contribution is 5.77. The third-order valence-corrected chi connectivity index (χ3v) is 10.5. The van der Waals surface area contributed by atoms with Crippen LogP contribution in [-0.4, -0.2) is 23.1 Å². The molecule has 0 aromatic rings. The molecule has 296 valence electrons. The third-order valence-electron chi connectivity index (χ3n) is 10.5. The van der Waals surface area contributed by atoms with Gasteiger partial charge in [-0.1, -0.05) is 225 Å². The van der Waals surface area contributed by atoms with E-state index in [4.69, 9.17) is 4.74 Å². The van der Waals surface area contributed by atoms with Crippen molar-refractivity contribution in [1.29, 1.82) is 0 Å². The molecule has 0 aromatic carbocycles. The van der Waals surface area contributed by atoms with Crippen LogP contribution in [0.2, 0.25) is 0 Å². The Labute approximate surface area is 313 Å². The summed E-state index contributed by atoms with van der Waals surface area (Å²) in [5.74, 6) is -1.34. The Bertz CT molecular complexity index is 717. The largest absolute Gasteiger partial charge is 0.479 e. The van der Waals surface area contributed by atoms with Crippen molar-refractivity contribution in [3.05, 3.63) is 12.2 Å². The van der Waals surface area contributed by atoms with E-state index in [0.717, 1.165) is 38.5 Å². The summed E-state index contributed by atoms with van der Waals surface area (Å²) in [4.78, 5) is 23.9. The van der Waals surface area contributed by atoms with E-state index in [1.807, 2.05) is 0 Å². The van der Waals surface area contributed by atoms with Crippen LogP contribution in [0.15, 0.2) is 12.2 Å². The molecule has 0 amide bonds. The molecule has 50 heavy (non-hydrogen) atoms. The first kappa shape index (κ1) is 48.7. The quantitative estimate of drug-likeness (QED) is 0.0390. The first-order valence-corrected chi connectivity index (χ1v) is 22.7. The fourth-order valence-electron chi connectivity index (χ4n) is 7.08. The third kappa shape index (κ3) is 39.5. The van der Waals surface area contributed by atoms with Crippen LogP contribution in [-0.2, 0) is 14.3 Å². The van der Waals surface area contributed by atoms with Crippen molar-refractivity contribution in [1.82, 2.24) is 0 Å². The van der Waals surface area contributed by atoms with Gasteiger partial charge in [-0.25, -0.2) is 4.79 Å². The first-order valence-electron chi connectivity index (χ1n) is 22.7. The second-order valence-corrected chi connectivity index (χ2v) is 15.6. The molecule has 1 unspecified atom stereocenters. The van der Waals surface area contributed by atoms with Crippen LogP contribution in [0.25, 0.3) is 0 Å². The molecule has 1 atom stereocenters. The number of aliphatic carboxylic acids is 1. The van der Waals surface area contributed by atoms with Crippen LogP contribution in [0, 0.1) is 0 Å². The molecule has 0 radical (unpaired) electrons. The maximum Gasteiger partial charge on any atom is 0.345 e. The molecule has 0 aliphatic rings. The van der Waals surface area contributed by atoms with E-state index < -0.39 is 12.1 Å². The average Bonchev–Trinajstić information content (AvgIpc) is 3.11. The summed E-state index contributed by atoms with van der Waals surface area (Å²) in [6.07, 6.45) is 52.7. The Morgan fingerprint density at radius 1 is 0.420 bits per heavy atom. The summed E-state index contributed by atoms with van der Waals surface area (Å²) < 4.78 is 5.35.